The third kappa shape index (κ3) is 3.68. The highest BCUT2D eigenvalue weighted by atomic mass is 32.2. The average molecular weight is 352 g/mol. The van der Waals surface area contributed by atoms with Gasteiger partial charge < -0.3 is 10.0 Å². The van der Waals surface area contributed by atoms with E-state index in [1.165, 1.54) is 12.1 Å². The van der Waals surface area contributed by atoms with E-state index in [9.17, 15) is 26.7 Å². The molecule has 1 unspecified atom stereocenters. The first kappa shape index (κ1) is 18.2. The second-order valence-electron chi connectivity index (χ2n) is 6.00. The van der Waals surface area contributed by atoms with Crippen LogP contribution in [-0.4, -0.2) is 61.7 Å². The van der Waals surface area contributed by atoms with Crippen molar-refractivity contribution < 1.29 is 26.7 Å². The molecule has 1 heterocycles. The second-order valence-corrected chi connectivity index (χ2v) is 7.94. The normalized spacial score (nSPS) is 23.6. The Morgan fingerprint density at radius 2 is 1.83 bits per heavy atom. The summed E-state index contributed by atoms with van der Waals surface area (Å²) >= 11 is 0. The van der Waals surface area contributed by atoms with Gasteiger partial charge in [-0.05, 0) is 31.8 Å². The second kappa shape index (κ2) is 6.04. The minimum Gasteiger partial charge on any atom is -0.379 e. The van der Waals surface area contributed by atoms with Crippen molar-refractivity contribution in [3.05, 3.63) is 29.8 Å². The molecule has 0 amide bonds. The summed E-state index contributed by atoms with van der Waals surface area (Å²) in [6.07, 6.45) is -5.51. The van der Waals surface area contributed by atoms with Crippen molar-refractivity contribution in [3.8, 4) is 0 Å². The van der Waals surface area contributed by atoms with Crippen LogP contribution in [0.1, 0.15) is 12.0 Å². The van der Waals surface area contributed by atoms with Gasteiger partial charge in [0.15, 0.2) is 5.60 Å². The Labute approximate surface area is 133 Å². The number of hydrogen-bond donors (Lipinski definition) is 1. The monoisotopic (exact) mass is 352 g/mol. The molecule has 1 aliphatic rings. The lowest BCUT2D eigenvalue weighted by atomic mass is 10.0. The molecule has 1 saturated heterocycles. The third-order valence-corrected chi connectivity index (χ3v) is 5.66. The maximum Gasteiger partial charge on any atom is 0.418 e. The van der Waals surface area contributed by atoms with E-state index in [2.05, 4.69) is 0 Å². The quantitative estimate of drug-likeness (QED) is 0.891. The first-order valence-corrected chi connectivity index (χ1v) is 8.43. The fourth-order valence-electron chi connectivity index (χ4n) is 2.48. The maximum absolute atomic E-state index is 12.8. The molecule has 0 spiro atoms. The molecule has 1 N–H and O–H groups in total. The molecule has 1 fully saturated rings. The summed E-state index contributed by atoms with van der Waals surface area (Å²) in [6.45, 7) is -0.714. The van der Waals surface area contributed by atoms with Crippen LogP contribution in [0.4, 0.5) is 13.2 Å². The molecule has 0 aliphatic carbocycles. The molecule has 1 atom stereocenters. The lowest BCUT2D eigenvalue weighted by molar-refractivity contribution is -0.252. The van der Waals surface area contributed by atoms with Crippen molar-refractivity contribution in [2.45, 2.75) is 29.6 Å². The number of aliphatic hydroxyl groups is 1. The van der Waals surface area contributed by atoms with Gasteiger partial charge in [0.05, 0.1) is 11.4 Å². The fraction of sp³-hybridized carbons (Fsp3) is 0.571. The molecular formula is C14H19F3N2O3S. The van der Waals surface area contributed by atoms with Gasteiger partial charge in [0, 0.05) is 19.5 Å². The molecule has 23 heavy (non-hydrogen) atoms. The Kier molecular flexibility index (Phi) is 4.78. The number of benzene rings is 1. The van der Waals surface area contributed by atoms with E-state index in [-0.39, 0.29) is 11.4 Å². The Morgan fingerprint density at radius 1 is 1.26 bits per heavy atom. The van der Waals surface area contributed by atoms with Gasteiger partial charge >= 0.3 is 6.18 Å². The molecule has 9 heteroatoms. The van der Waals surface area contributed by atoms with Crippen molar-refractivity contribution in [2.75, 3.05) is 27.2 Å². The van der Waals surface area contributed by atoms with Crippen molar-refractivity contribution in [3.63, 3.8) is 0 Å². The molecule has 1 aliphatic heterocycles. The van der Waals surface area contributed by atoms with Crippen LogP contribution in [0, 0.1) is 0 Å². The summed E-state index contributed by atoms with van der Waals surface area (Å²) in [4.78, 5) is 1.83. The SMILES string of the molecule is CN(C)Cc1ccc(S(=O)(=O)N2CCC(O)(C(F)(F)F)C2)cc1. The smallest absolute Gasteiger partial charge is 0.379 e. The lowest BCUT2D eigenvalue weighted by Crippen LogP contribution is -2.48. The molecule has 5 nitrogen and oxygen atoms in total. The molecule has 0 saturated carbocycles. The number of sulfonamides is 1. The van der Waals surface area contributed by atoms with Crippen molar-refractivity contribution >= 4 is 10.0 Å². The zero-order chi connectivity index (χ0) is 17.5. The van der Waals surface area contributed by atoms with E-state index >= 15 is 0 Å². The standard InChI is InChI=1S/C14H19F3N2O3S/c1-18(2)9-11-3-5-12(6-4-11)23(21,22)19-8-7-13(20,10-19)14(15,16)17/h3-6,20H,7-10H2,1-2H3. The van der Waals surface area contributed by atoms with Crippen molar-refractivity contribution in [1.82, 2.24) is 9.21 Å². The molecule has 2 rings (SSSR count). The van der Waals surface area contributed by atoms with E-state index in [0.29, 0.717) is 10.8 Å². The number of halogens is 3. The Morgan fingerprint density at radius 3 is 2.26 bits per heavy atom. The van der Waals surface area contributed by atoms with E-state index in [4.69, 9.17) is 0 Å². The highest BCUT2D eigenvalue weighted by Crippen LogP contribution is 2.39. The van der Waals surface area contributed by atoms with Crippen LogP contribution in [-0.2, 0) is 16.6 Å². The topological polar surface area (TPSA) is 60.9 Å². The predicted molar refractivity (Wildman–Crippen MR) is 78.2 cm³/mol. The molecule has 1 aromatic rings. The van der Waals surface area contributed by atoms with Crippen LogP contribution >= 0.6 is 0 Å². The van der Waals surface area contributed by atoms with Crippen LogP contribution in [0.2, 0.25) is 0 Å². The van der Waals surface area contributed by atoms with Gasteiger partial charge in [-0.2, -0.15) is 17.5 Å². The number of alkyl halides is 3. The first-order valence-electron chi connectivity index (χ1n) is 6.99. The third-order valence-electron chi connectivity index (χ3n) is 3.80. The summed E-state index contributed by atoms with van der Waals surface area (Å²) in [6, 6.07) is 6.00. The summed E-state index contributed by atoms with van der Waals surface area (Å²) in [7, 11) is -0.320. The maximum atomic E-state index is 12.8. The summed E-state index contributed by atoms with van der Waals surface area (Å²) in [5.74, 6) is 0. The van der Waals surface area contributed by atoms with Crippen molar-refractivity contribution in [1.29, 1.82) is 0 Å². The number of rotatable bonds is 4. The molecule has 1 aromatic carbocycles. The molecule has 0 bridgehead atoms. The fourth-order valence-corrected chi connectivity index (χ4v) is 3.97. The van der Waals surface area contributed by atoms with E-state index in [1.807, 2.05) is 19.0 Å². The minimum atomic E-state index is -4.85. The zero-order valence-electron chi connectivity index (χ0n) is 12.8. The molecule has 0 radical (unpaired) electrons. The van der Waals surface area contributed by atoms with Crippen LogP contribution in [0.25, 0.3) is 0 Å². The minimum absolute atomic E-state index is 0.0774. The van der Waals surface area contributed by atoms with Gasteiger partial charge in [-0.3, -0.25) is 0 Å². The van der Waals surface area contributed by atoms with Gasteiger partial charge in [-0.25, -0.2) is 8.42 Å². The number of nitrogens with zero attached hydrogens (tertiary/aromatic N) is 2. The summed E-state index contributed by atoms with van der Waals surface area (Å²) < 4.78 is 63.9. The summed E-state index contributed by atoms with van der Waals surface area (Å²) in [5.41, 5.74) is -2.09. The molecule has 0 aromatic heterocycles. The van der Waals surface area contributed by atoms with Crippen LogP contribution in [0.5, 0.6) is 0 Å². The van der Waals surface area contributed by atoms with E-state index in [0.717, 1.165) is 5.56 Å². The van der Waals surface area contributed by atoms with Crippen LogP contribution < -0.4 is 0 Å². The van der Waals surface area contributed by atoms with Crippen LogP contribution in [0.3, 0.4) is 0 Å². The highest BCUT2D eigenvalue weighted by Gasteiger charge is 2.58. The largest absolute Gasteiger partial charge is 0.418 e. The van der Waals surface area contributed by atoms with E-state index in [1.54, 1.807) is 12.1 Å². The Hall–Kier alpha value is -1.16. The van der Waals surface area contributed by atoms with Gasteiger partial charge in [0.2, 0.25) is 10.0 Å². The first-order chi connectivity index (χ1) is 10.5. The molecular weight excluding hydrogens is 333 g/mol. The highest BCUT2D eigenvalue weighted by molar-refractivity contribution is 7.89. The van der Waals surface area contributed by atoms with Gasteiger partial charge in [-0.15, -0.1) is 0 Å². The lowest BCUT2D eigenvalue weighted by Gasteiger charge is -2.25. The van der Waals surface area contributed by atoms with Gasteiger partial charge in [0.25, 0.3) is 0 Å². The van der Waals surface area contributed by atoms with Crippen LogP contribution in [0.15, 0.2) is 29.2 Å². The Balaban J connectivity index is 2.20. The Bertz CT molecular complexity index is 659. The zero-order valence-corrected chi connectivity index (χ0v) is 13.7. The summed E-state index contributed by atoms with van der Waals surface area (Å²) in [5, 5.41) is 9.62. The molecule has 130 valence electrons. The number of β-amino-alcohol motifs (C(OH)–C–C–N with tert-alkyl or cyclic N) is 1. The van der Waals surface area contributed by atoms with Gasteiger partial charge in [-0.1, -0.05) is 12.1 Å². The number of hydrogen-bond acceptors (Lipinski definition) is 4. The van der Waals surface area contributed by atoms with Gasteiger partial charge in [0.1, 0.15) is 0 Å². The average Bonchev–Trinajstić information content (AvgIpc) is 2.83. The predicted octanol–water partition coefficient (Wildman–Crippen LogP) is 1.44. The van der Waals surface area contributed by atoms with Crippen molar-refractivity contribution in [2.24, 2.45) is 0 Å². The van der Waals surface area contributed by atoms with E-state index < -0.39 is 34.8 Å².